The maximum atomic E-state index is 14.3. The van der Waals surface area contributed by atoms with E-state index in [0.29, 0.717) is 22.8 Å². The number of furan rings is 1. The normalized spacial score (nSPS) is 10.9. The molecule has 0 fully saturated rings. The van der Waals surface area contributed by atoms with E-state index in [1.165, 1.54) is 37.5 Å². The van der Waals surface area contributed by atoms with E-state index >= 15 is 0 Å². The first-order valence-electron chi connectivity index (χ1n) is 8.70. The molecule has 1 aromatic heterocycles. The molecule has 1 amide bonds. The maximum absolute atomic E-state index is 14.3. The second kappa shape index (κ2) is 9.05. The number of benzene rings is 2. The van der Waals surface area contributed by atoms with Crippen LogP contribution in [0.3, 0.4) is 0 Å². The Morgan fingerprint density at radius 3 is 2.38 bits per heavy atom. The smallest absolute Gasteiger partial charge is 0.251 e. The van der Waals surface area contributed by atoms with Crippen molar-refractivity contribution in [2.45, 2.75) is 6.54 Å². The summed E-state index contributed by atoms with van der Waals surface area (Å²) >= 11 is 0. The number of carbonyl (C=O) groups is 1. The lowest BCUT2D eigenvalue weighted by molar-refractivity contribution is -0.114. The van der Waals surface area contributed by atoms with Crippen LogP contribution in [0.25, 0.3) is 6.08 Å². The number of halogens is 2. The van der Waals surface area contributed by atoms with Gasteiger partial charge in [0.15, 0.2) is 0 Å². The molecule has 0 bridgehead atoms. The fourth-order valence-electron chi connectivity index (χ4n) is 2.72. The van der Waals surface area contributed by atoms with Gasteiger partial charge in [-0.25, -0.2) is 8.78 Å². The van der Waals surface area contributed by atoms with Gasteiger partial charge in [0.25, 0.3) is 5.91 Å². The summed E-state index contributed by atoms with van der Waals surface area (Å²) in [7, 11) is 3.05. The molecule has 0 N–H and O–H groups in total. The Morgan fingerprint density at radius 2 is 1.79 bits per heavy atom. The Kier molecular flexibility index (Phi) is 6.29. The summed E-state index contributed by atoms with van der Waals surface area (Å²) in [5.74, 6) is -0.494. The van der Waals surface area contributed by atoms with Crippen molar-refractivity contribution in [3.05, 3.63) is 83.8 Å². The van der Waals surface area contributed by atoms with E-state index in [1.807, 2.05) is 0 Å². The molecule has 0 aliphatic heterocycles. The highest BCUT2D eigenvalue weighted by atomic mass is 19.1. The van der Waals surface area contributed by atoms with Crippen LogP contribution < -0.4 is 14.4 Å². The number of amides is 1. The summed E-state index contributed by atoms with van der Waals surface area (Å²) < 4.78 is 43.3. The highest BCUT2D eigenvalue weighted by Crippen LogP contribution is 2.25. The summed E-state index contributed by atoms with van der Waals surface area (Å²) in [6.45, 7) is -0.0137. The molecule has 0 unspecified atom stereocenters. The lowest BCUT2D eigenvalue weighted by Crippen LogP contribution is -2.29. The average Bonchev–Trinajstić information content (AvgIpc) is 3.23. The van der Waals surface area contributed by atoms with Crippen molar-refractivity contribution in [3.63, 3.8) is 0 Å². The van der Waals surface area contributed by atoms with Crippen LogP contribution in [-0.2, 0) is 11.3 Å². The van der Waals surface area contributed by atoms with Crippen LogP contribution >= 0.6 is 0 Å². The number of nitrogens with zero attached hydrogens (tertiary/aromatic N) is 1. The zero-order valence-corrected chi connectivity index (χ0v) is 15.9. The van der Waals surface area contributed by atoms with Gasteiger partial charge in [-0.3, -0.25) is 9.69 Å². The number of hydrogen-bond acceptors (Lipinski definition) is 4. The molecule has 0 atom stereocenters. The minimum atomic E-state index is -0.846. The zero-order valence-electron chi connectivity index (χ0n) is 15.9. The van der Waals surface area contributed by atoms with Crippen LogP contribution in [0.15, 0.2) is 65.3 Å². The van der Waals surface area contributed by atoms with Crippen LogP contribution in [0.5, 0.6) is 11.5 Å². The zero-order chi connectivity index (χ0) is 20.8. The SMILES string of the molecule is COc1cc(C=CC(=O)N(Cc2ccco2)c2ccc(F)cc2F)cc(OC)c1. The molecule has 7 heteroatoms. The lowest BCUT2D eigenvalue weighted by atomic mass is 10.1. The van der Waals surface area contributed by atoms with E-state index in [-0.39, 0.29) is 12.2 Å². The fraction of sp³-hybridized carbons (Fsp3) is 0.136. The van der Waals surface area contributed by atoms with Crippen LogP contribution in [0.2, 0.25) is 0 Å². The van der Waals surface area contributed by atoms with Crippen LogP contribution in [0, 0.1) is 11.6 Å². The number of hydrogen-bond donors (Lipinski definition) is 0. The standard InChI is InChI=1S/C22H19F2NO4/c1-27-18-10-15(11-19(13-18)28-2)5-8-22(26)25(14-17-4-3-9-29-17)21-7-6-16(23)12-20(21)24/h3-13H,14H2,1-2H3. The van der Waals surface area contributed by atoms with E-state index in [0.717, 1.165) is 12.1 Å². The van der Waals surface area contributed by atoms with Crippen LogP contribution in [0.4, 0.5) is 14.5 Å². The van der Waals surface area contributed by atoms with E-state index in [9.17, 15) is 13.6 Å². The fourth-order valence-corrected chi connectivity index (χ4v) is 2.72. The topological polar surface area (TPSA) is 51.9 Å². The largest absolute Gasteiger partial charge is 0.497 e. The van der Waals surface area contributed by atoms with Gasteiger partial charge in [-0.05, 0) is 48.0 Å². The predicted molar refractivity (Wildman–Crippen MR) is 105 cm³/mol. The van der Waals surface area contributed by atoms with Crippen molar-refractivity contribution < 1.29 is 27.5 Å². The molecule has 5 nitrogen and oxygen atoms in total. The van der Waals surface area contributed by atoms with Gasteiger partial charge in [-0.1, -0.05) is 0 Å². The van der Waals surface area contributed by atoms with Crippen molar-refractivity contribution in [2.75, 3.05) is 19.1 Å². The summed E-state index contributed by atoms with van der Waals surface area (Å²) in [4.78, 5) is 14.0. The van der Waals surface area contributed by atoms with E-state index in [4.69, 9.17) is 13.9 Å². The summed E-state index contributed by atoms with van der Waals surface area (Å²) in [6, 6.07) is 11.5. The lowest BCUT2D eigenvalue weighted by Gasteiger charge is -2.21. The van der Waals surface area contributed by atoms with Crippen molar-refractivity contribution >= 4 is 17.7 Å². The van der Waals surface area contributed by atoms with Gasteiger partial charge in [0.1, 0.15) is 28.9 Å². The molecule has 0 saturated heterocycles. The first-order valence-corrected chi connectivity index (χ1v) is 8.70. The number of ether oxygens (including phenoxy) is 2. The van der Waals surface area contributed by atoms with Gasteiger partial charge < -0.3 is 13.9 Å². The molecule has 1 heterocycles. The van der Waals surface area contributed by atoms with Gasteiger partial charge in [0, 0.05) is 18.2 Å². The third-order valence-corrected chi connectivity index (χ3v) is 4.15. The summed E-state index contributed by atoms with van der Waals surface area (Å²) in [6.07, 6.45) is 4.31. The molecule has 150 valence electrons. The average molecular weight is 399 g/mol. The quantitative estimate of drug-likeness (QED) is 0.535. The van der Waals surface area contributed by atoms with Gasteiger partial charge in [-0.15, -0.1) is 0 Å². The summed E-state index contributed by atoms with van der Waals surface area (Å²) in [5, 5.41) is 0. The first kappa shape index (κ1) is 20.1. The Bertz CT molecular complexity index is 993. The third kappa shape index (κ3) is 5.01. The Hall–Kier alpha value is -3.61. The molecule has 0 saturated carbocycles. The molecule has 3 aromatic rings. The predicted octanol–water partition coefficient (Wildman–Crippen LogP) is 4.82. The van der Waals surface area contributed by atoms with Crippen LogP contribution in [-0.4, -0.2) is 20.1 Å². The number of rotatable bonds is 7. The second-order valence-corrected chi connectivity index (χ2v) is 6.08. The molecule has 0 aliphatic carbocycles. The van der Waals surface area contributed by atoms with Gasteiger partial charge in [0.05, 0.1) is 32.7 Å². The van der Waals surface area contributed by atoms with Crippen molar-refractivity contribution in [1.82, 2.24) is 0 Å². The molecule has 3 rings (SSSR count). The summed E-state index contributed by atoms with van der Waals surface area (Å²) in [5.41, 5.74) is 0.604. The molecular weight excluding hydrogens is 380 g/mol. The van der Waals surface area contributed by atoms with E-state index in [2.05, 4.69) is 0 Å². The number of anilines is 1. The number of methoxy groups -OCH3 is 2. The Labute approximate surface area is 166 Å². The highest BCUT2D eigenvalue weighted by Gasteiger charge is 2.19. The molecule has 0 spiro atoms. The van der Waals surface area contributed by atoms with Crippen molar-refractivity contribution in [1.29, 1.82) is 0 Å². The van der Waals surface area contributed by atoms with Gasteiger partial charge >= 0.3 is 0 Å². The molecule has 0 aliphatic rings. The van der Waals surface area contributed by atoms with Crippen molar-refractivity contribution in [3.8, 4) is 11.5 Å². The molecule has 29 heavy (non-hydrogen) atoms. The third-order valence-electron chi connectivity index (χ3n) is 4.15. The van der Waals surface area contributed by atoms with Gasteiger partial charge in [0.2, 0.25) is 0 Å². The maximum Gasteiger partial charge on any atom is 0.251 e. The highest BCUT2D eigenvalue weighted by molar-refractivity contribution is 6.03. The second-order valence-electron chi connectivity index (χ2n) is 6.08. The van der Waals surface area contributed by atoms with Crippen molar-refractivity contribution in [2.24, 2.45) is 0 Å². The van der Waals surface area contributed by atoms with E-state index in [1.54, 1.807) is 36.4 Å². The molecule has 0 radical (unpaired) electrons. The number of carbonyl (C=O) groups excluding carboxylic acids is 1. The Morgan fingerprint density at radius 1 is 1.07 bits per heavy atom. The van der Waals surface area contributed by atoms with Gasteiger partial charge in [-0.2, -0.15) is 0 Å². The minimum absolute atomic E-state index is 0.0137. The first-order chi connectivity index (χ1) is 14.0. The Balaban J connectivity index is 1.91. The minimum Gasteiger partial charge on any atom is -0.497 e. The van der Waals surface area contributed by atoms with Crippen LogP contribution in [0.1, 0.15) is 11.3 Å². The van der Waals surface area contributed by atoms with E-state index < -0.39 is 17.5 Å². The molecular formula is C22H19F2NO4. The molecule has 2 aromatic carbocycles. The monoisotopic (exact) mass is 399 g/mol.